The number of halogens is 1. The third-order valence-corrected chi connectivity index (χ3v) is 3.63. The highest BCUT2D eigenvalue weighted by Crippen LogP contribution is 2.15. The first-order valence-electron chi connectivity index (χ1n) is 6.95. The molecule has 0 aliphatic rings. The minimum atomic E-state index is -0.0136. The molecule has 1 aromatic rings. The van der Waals surface area contributed by atoms with E-state index in [-0.39, 0.29) is 5.91 Å². The fourth-order valence-corrected chi connectivity index (χ4v) is 2.08. The van der Waals surface area contributed by atoms with Crippen LogP contribution in [0.25, 0.3) is 0 Å². The van der Waals surface area contributed by atoms with Crippen LogP contribution in [0.1, 0.15) is 20.3 Å². The van der Waals surface area contributed by atoms with Gasteiger partial charge >= 0.3 is 0 Å². The summed E-state index contributed by atoms with van der Waals surface area (Å²) in [5.41, 5.74) is 0.811. The van der Waals surface area contributed by atoms with Crippen molar-refractivity contribution >= 4 is 27.5 Å². The van der Waals surface area contributed by atoms with Crippen LogP contribution in [0.4, 0.5) is 5.69 Å². The lowest BCUT2D eigenvalue weighted by atomic mass is 10.3. The van der Waals surface area contributed by atoms with Crippen molar-refractivity contribution in [2.24, 2.45) is 0 Å². The Morgan fingerprint density at radius 1 is 1.40 bits per heavy atom. The monoisotopic (exact) mass is 341 g/mol. The Labute approximate surface area is 130 Å². The second kappa shape index (κ2) is 9.10. The van der Waals surface area contributed by atoms with Gasteiger partial charge in [0, 0.05) is 16.2 Å². The number of carbonyl (C=O) groups is 1. The molecule has 0 atom stereocenters. The number of hydrogen-bond acceptors (Lipinski definition) is 3. The van der Waals surface area contributed by atoms with E-state index in [1.807, 2.05) is 24.3 Å². The number of rotatable bonds is 8. The van der Waals surface area contributed by atoms with Crippen molar-refractivity contribution in [2.45, 2.75) is 26.3 Å². The summed E-state index contributed by atoms with van der Waals surface area (Å²) in [6, 6.07) is 8.15. The summed E-state index contributed by atoms with van der Waals surface area (Å²) in [6.07, 6.45) is 1.04. The number of benzene rings is 1. The van der Waals surface area contributed by atoms with Gasteiger partial charge in [-0.05, 0) is 58.6 Å². The van der Waals surface area contributed by atoms with Gasteiger partial charge in [0.05, 0.1) is 6.54 Å². The number of nitrogens with zero attached hydrogens (tertiary/aromatic N) is 1. The Morgan fingerprint density at radius 3 is 2.80 bits per heavy atom. The minimum Gasteiger partial charge on any atom is -0.325 e. The molecule has 0 bridgehead atoms. The molecular weight excluding hydrogens is 318 g/mol. The second-order valence-electron chi connectivity index (χ2n) is 5.16. The molecule has 5 heteroatoms. The maximum absolute atomic E-state index is 11.7. The Balaban J connectivity index is 2.15. The number of nitrogens with one attached hydrogen (secondary N) is 2. The highest BCUT2D eigenvalue weighted by molar-refractivity contribution is 9.10. The molecule has 1 rings (SSSR count). The van der Waals surface area contributed by atoms with Crippen LogP contribution in [-0.4, -0.2) is 43.5 Å². The van der Waals surface area contributed by atoms with Gasteiger partial charge in [-0.15, -0.1) is 0 Å². The molecule has 0 spiro atoms. The Kier molecular flexibility index (Phi) is 7.80. The molecule has 1 amide bonds. The molecule has 4 nitrogen and oxygen atoms in total. The largest absolute Gasteiger partial charge is 0.325 e. The van der Waals surface area contributed by atoms with Crippen LogP contribution in [0.15, 0.2) is 28.7 Å². The average Bonchev–Trinajstić information content (AvgIpc) is 2.37. The van der Waals surface area contributed by atoms with E-state index >= 15 is 0 Å². The van der Waals surface area contributed by atoms with Crippen LogP contribution in [0.3, 0.4) is 0 Å². The van der Waals surface area contributed by atoms with Gasteiger partial charge in [0.25, 0.3) is 0 Å². The number of anilines is 1. The van der Waals surface area contributed by atoms with Gasteiger partial charge in [0.15, 0.2) is 0 Å². The van der Waals surface area contributed by atoms with E-state index in [2.05, 4.69) is 52.4 Å². The van der Waals surface area contributed by atoms with Crippen molar-refractivity contribution in [3.8, 4) is 0 Å². The Bertz CT molecular complexity index is 423. The average molecular weight is 342 g/mol. The van der Waals surface area contributed by atoms with Gasteiger partial charge in [0.1, 0.15) is 0 Å². The lowest BCUT2D eigenvalue weighted by Crippen LogP contribution is -2.32. The molecule has 1 aromatic carbocycles. The van der Waals surface area contributed by atoms with Crippen LogP contribution in [0.2, 0.25) is 0 Å². The van der Waals surface area contributed by atoms with Gasteiger partial charge < -0.3 is 15.5 Å². The van der Waals surface area contributed by atoms with E-state index in [9.17, 15) is 4.79 Å². The molecule has 0 heterocycles. The van der Waals surface area contributed by atoms with Crippen LogP contribution in [-0.2, 0) is 4.79 Å². The van der Waals surface area contributed by atoms with E-state index in [4.69, 9.17) is 0 Å². The highest BCUT2D eigenvalue weighted by Gasteiger charge is 2.04. The van der Waals surface area contributed by atoms with E-state index in [0.717, 1.165) is 29.7 Å². The third kappa shape index (κ3) is 7.03. The quantitative estimate of drug-likeness (QED) is 0.714. The van der Waals surface area contributed by atoms with Gasteiger partial charge in [-0.3, -0.25) is 4.79 Å². The summed E-state index contributed by atoms with van der Waals surface area (Å²) in [5.74, 6) is -0.0136. The van der Waals surface area contributed by atoms with Crippen LogP contribution >= 0.6 is 15.9 Å². The predicted molar refractivity (Wildman–Crippen MR) is 88.0 cm³/mol. The smallest absolute Gasteiger partial charge is 0.238 e. The Morgan fingerprint density at radius 2 is 2.15 bits per heavy atom. The number of amides is 1. The molecule has 0 aliphatic carbocycles. The predicted octanol–water partition coefficient (Wildman–Crippen LogP) is 2.71. The maximum atomic E-state index is 11.7. The molecule has 2 N–H and O–H groups in total. The SMILES string of the molecule is CC(C)N(C)CCCNCC(=O)Nc1cccc(Br)c1. The molecule has 0 fully saturated rings. The summed E-state index contributed by atoms with van der Waals surface area (Å²) in [5, 5.41) is 6.02. The van der Waals surface area contributed by atoms with Crippen molar-refractivity contribution in [3.05, 3.63) is 28.7 Å². The zero-order valence-electron chi connectivity index (χ0n) is 12.4. The highest BCUT2D eigenvalue weighted by atomic mass is 79.9. The zero-order chi connectivity index (χ0) is 15.0. The normalized spacial score (nSPS) is 11.1. The van der Waals surface area contributed by atoms with E-state index in [1.54, 1.807) is 0 Å². The lowest BCUT2D eigenvalue weighted by molar-refractivity contribution is -0.115. The molecular formula is C15H24BrN3O. The number of hydrogen-bond donors (Lipinski definition) is 2. The first-order valence-corrected chi connectivity index (χ1v) is 7.74. The molecule has 0 saturated carbocycles. The fourth-order valence-electron chi connectivity index (χ4n) is 1.68. The van der Waals surface area contributed by atoms with E-state index in [0.29, 0.717) is 12.6 Å². The van der Waals surface area contributed by atoms with E-state index < -0.39 is 0 Å². The summed E-state index contributed by atoms with van der Waals surface area (Å²) >= 11 is 3.38. The maximum Gasteiger partial charge on any atom is 0.238 e. The second-order valence-corrected chi connectivity index (χ2v) is 6.08. The van der Waals surface area contributed by atoms with Crippen LogP contribution in [0.5, 0.6) is 0 Å². The van der Waals surface area contributed by atoms with Gasteiger partial charge in [-0.25, -0.2) is 0 Å². The molecule has 20 heavy (non-hydrogen) atoms. The van der Waals surface area contributed by atoms with Crippen molar-refractivity contribution in [3.63, 3.8) is 0 Å². The fraction of sp³-hybridized carbons (Fsp3) is 0.533. The van der Waals surface area contributed by atoms with Crippen LogP contribution in [0, 0.1) is 0 Å². The molecule has 0 aliphatic heterocycles. The lowest BCUT2D eigenvalue weighted by Gasteiger charge is -2.20. The Hall–Kier alpha value is -0.910. The van der Waals surface area contributed by atoms with E-state index in [1.165, 1.54) is 0 Å². The van der Waals surface area contributed by atoms with Gasteiger partial charge in [-0.1, -0.05) is 22.0 Å². The standard InChI is InChI=1S/C15H24BrN3O/c1-12(2)19(3)9-5-8-17-11-15(20)18-14-7-4-6-13(16)10-14/h4,6-7,10,12,17H,5,8-9,11H2,1-3H3,(H,18,20). The summed E-state index contributed by atoms with van der Waals surface area (Å²) < 4.78 is 0.958. The molecule has 0 saturated heterocycles. The zero-order valence-corrected chi connectivity index (χ0v) is 14.0. The third-order valence-electron chi connectivity index (χ3n) is 3.14. The number of carbonyl (C=O) groups excluding carboxylic acids is 1. The van der Waals surface area contributed by atoms with Crippen molar-refractivity contribution in [1.29, 1.82) is 0 Å². The molecule has 112 valence electrons. The molecule has 0 radical (unpaired) electrons. The summed E-state index contributed by atoms with van der Waals surface area (Å²) in [4.78, 5) is 14.0. The van der Waals surface area contributed by atoms with Gasteiger partial charge in [0.2, 0.25) is 5.91 Å². The van der Waals surface area contributed by atoms with Gasteiger partial charge in [-0.2, -0.15) is 0 Å². The molecule has 0 unspecified atom stereocenters. The summed E-state index contributed by atoms with van der Waals surface area (Å²) in [7, 11) is 2.12. The first-order chi connectivity index (χ1) is 9.49. The summed E-state index contributed by atoms with van der Waals surface area (Å²) in [6.45, 7) is 6.59. The van der Waals surface area contributed by atoms with Crippen molar-refractivity contribution in [2.75, 3.05) is 32.0 Å². The first kappa shape index (κ1) is 17.1. The van der Waals surface area contributed by atoms with Crippen molar-refractivity contribution < 1.29 is 4.79 Å². The topological polar surface area (TPSA) is 44.4 Å². The minimum absolute atomic E-state index is 0.0136. The van der Waals surface area contributed by atoms with Crippen LogP contribution < -0.4 is 10.6 Å². The van der Waals surface area contributed by atoms with Crippen molar-refractivity contribution in [1.82, 2.24) is 10.2 Å². The molecule has 0 aromatic heterocycles.